The second-order valence-electron chi connectivity index (χ2n) is 5.46. The fourth-order valence-electron chi connectivity index (χ4n) is 1.93. The van der Waals surface area contributed by atoms with Crippen LogP contribution in [0.1, 0.15) is 12.5 Å². The molecule has 1 aromatic heterocycles. The number of rotatable bonds is 6. The third-order valence-electron chi connectivity index (χ3n) is 2.72. The van der Waals surface area contributed by atoms with Gasteiger partial charge in [-0.3, -0.25) is 0 Å². The summed E-state index contributed by atoms with van der Waals surface area (Å²) in [5.41, 5.74) is -1.88. The summed E-state index contributed by atoms with van der Waals surface area (Å²) in [6.07, 6.45) is -4.45. The lowest BCUT2D eigenvalue weighted by molar-refractivity contribution is -0.137. The molecule has 0 aliphatic rings. The van der Waals surface area contributed by atoms with Crippen LogP contribution in [0.25, 0.3) is 0 Å². The second kappa shape index (κ2) is 6.48. The fourth-order valence-corrected chi connectivity index (χ4v) is 1.93. The van der Waals surface area contributed by atoms with Gasteiger partial charge in [-0.2, -0.15) is 13.2 Å². The number of hydrogen-bond acceptors (Lipinski definition) is 5. The van der Waals surface area contributed by atoms with Gasteiger partial charge in [-0.15, -0.1) is 0 Å². The lowest BCUT2D eigenvalue weighted by Crippen LogP contribution is -2.43. The Balaban J connectivity index is 2.88. The van der Waals surface area contributed by atoms with Gasteiger partial charge < -0.3 is 20.6 Å². The number of anilines is 2. The topological polar surface area (TPSA) is 60.4 Å². The van der Waals surface area contributed by atoms with Gasteiger partial charge in [0, 0.05) is 20.1 Å². The van der Waals surface area contributed by atoms with Crippen LogP contribution in [0, 0.1) is 0 Å². The number of alkyl halides is 3. The summed E-state index contributed by atoms with van der Waals surface area (Å²) in [6.45, 7) is 2.06. The molecule has 0 saturated carbocycles. The lowest BCUT2D eigenvalue weighted by Gasteiger charge is -2.27. The number of likely N-dealkylation sites (N-methyl/N-ethyl adjacent to an activating group) is 1. The first-order chi connectivity index (χ1) is 9.53. The van der Waals surface area contributed by atoms with Gasteiger partial charge in [-0.1, -0.05) is 0 Å². The number of nitrogens with zero attached hydrogens (tertiary/aromatic N) is 2. The Morgan fingerprint density at radius 2 is 1.81 bits per heavy atom. The van der Waals surface area contributed by atoms with Crippen LogP contribution in [0.15, 0.2) is 12.1 Å². The highest BCUT2D eigenvalue weighted by Gasteiger charge is 2.32. The minimum absolute atomic E-state index is 0.0632. The molecule has 0 bridgehead atoms. The molecule has 0 saturated heterocycles. The van der Waals surface area contributed by atoms with Crippen molar-refractivity contribution >= 4 is 11.6 Å². The first kappa shape index (κ1) is 17.5. The average Bonchev–Trinajstić information content (AvgIpc) is 2.33. The molecule has 120 valence electrons. The molecule has 1 aromatic rings. The molecule has 1 atom stereocenters. The molecule has 5 nitrogen and oxygen atoms in total. The third kappa shape index (κ3) is 5.76. The molecular formula is C13H21F3N4O. The van der Waals surface area contributed by atoms with E-state index in [1.165, 1.54) is 7.05 Å². The minimum Gasteiger partial charge on any atom is -0.387 e. The largest absolute Gasteiger partial charge is 0.416 e. The maximum Gasteiger partial charge on any atom is 0.416 e. The van der Waals surface area contributed by atoms with Crippen LogP contribution in [0.2, 0.25) is 0 Å². The maximum atomic E-state index is 12.8. The summed E-state index contributed by atoms with van der Waals surface area (Å²) >= 11 is 0. The lowest BCUT2D eigenvalue weighted by atomic mass is 10.1. The van der Waals surface area contributed by atoms with Gasteiger partial charge in [0.05, 0.1) is 11.2 Å². The second-order valence-corrected chi connectivity index (χ2v) is 5.46. The van der Waals surface area contributed by atoms with E-state index in [1.54, 1.807) is 25.9 Å². The zero-order valence-electron chi connectivity index (χ0n) is 12.5. The highest BCUT2D eigenvalue weighted by Crippen LogP contribution is 2.32. The number of aromatic nitrogens is 1. The smallest absolute Gasteiger partial charge is 0.387 e. The monoisotopic (exact) mass is 306 g/mol. The van der Waals surface area contributed by atoms with E-state index in [1.807, 2.05) is 0 Å². The summed E-state index contributed by atoms with van der Waals surface area (Å²) < 4.78 is 38.4. The van der Waals surface area contributed by atoms with Gasteiger partial charge in [0.25, 0.3) is 0 Å². The van der Waals surface area contributed by atoms with Gasteiger partial charge in [0.15, 0.2) is 0 Å². The van der Waals surface area contributed by atoms with Crippen molar-refractivity contribution in [1.29, 1.82) is 0 Å². The SMILES string of the molecule is CNc1cc(C(F)(F)F)cc(NCC(C)(O)CN(C)C)n1. The Bertz CT molecular complexity index is 475. The molecule has 0 radical (unpaired) electrons. The number of pyridine rings is 1. The van der Waals surface area contributed by atoms with Crippen LogP contribution in [0.3, 0.4) is 0 Å². The molecule has 1 rings (SSSR count). The van der Waals surface area contributed by atoms with E-state index in [0.29, 0.717) is 6.54 Å². The quantitative estimate of drug-likeness (QED) is 0.749. The zero-order valence-corrected chi connectivity index (χ0v) is 12.5. The summed E-state index contributed by atoms with van der Waals surface area (Å²) in [5.74, 6) is 0.174. The van der Waals surface area contributed by atoms with E-state index in [2.05, 4.69) is 15.6 Å². The molecular weight excluding hydrogens is 285 g/mol. The van der Waals surface area contributed by atoms with Gasteiger partial charge >= 0.3 is 6.18 Å². The first-order valence-corrected chi connectivity index (χ1v) is 6.41. The van der Waals surface area contributed by atoms with Gasteiger partial charge in [0.2, 0.25) is 0 Å². The number of halogens is 3. The van der Waals surface area contributed by atoms with E-state index in [4.69, 9.17) is 0 Å². The molecule has 0 amide bonds. The molecule has 0 fully saturated rings. The molecule has 0 aliphatic heterocycles. The molecule has 21 heavy (non-hydrogen) atoms. The van der Waals surface area contributed by atoms with Crippen molar-refractivity contribution in [2.75, 3.05) is 44.9 Å². The van der Waals surface area contributed by atoms with Crippen molar-refractivity contribution in [3.8, 4) is 0 Å². The highest BCUT2D eigenvalue weighted by atomic mass is 19.4. The third-order valence-corrected chi connectivity index (χ3v) is 2.72. The Labute approximate surface area is 122 Å². The van der Waals surface area contributed by atoms with E-state index >= 15 is 0 Å². The van der Waals surface area contributed by atoms with Crippen LogP contribution >= 0.6 is 0 Å². The van der Waals surface area contributed by atoms with Crippen molar-refractivity contribution in [1.82, 2.24) is 9.88 Å². The standard InChI is InChI=1S/C13H21F3N4O/c1-12(21,8-20(3)4)7-18-11-6-9(13(14,15)16)5-10(17-2)19-11/h5-6,21H,7-8H2,1-4H3,(H2,17,18,19). The van der Waals surface area contributed by atoms with Crippen LogP contribution < -0.4 is 10.6 Å². The summed E-state index contributed by atoms with van der Waals surface area (Å²) in [7, 11) is 5.10. The molecule has 0 spiro atoms. The normalized spacial score (nSPS) is 14.9. The van der Waals surface area contributed by atoms with Crippen molar-refractivity contribution < 1.29 is 18.3 Å². The Hall–Kier alpha value is -1.54. The van der Waals surface area contributed by atoms with Crippen molar-refractivity contribution in [2.45, 2.75) is 18.7 Å². The van der Waals surface area contributed by atoms with E-state index in [-0.39, 0.29) is 18.2 Å². The molecule has 0 aromatic carbocycles. The highest BCUT2D eigenvalue weighted by molar-refractivity contribution is 5.49. The van der Waals surface area contributed by atoms with Gasteiger partial charge in [0.1, 0.15) is 11.6 Å². The summed E-state index contributed by atoms with van der Waals surface area (Å²) in [6, 6.07) is 1.86. The number of aliphatic hydroxyl groups is 1. The van der Waals surface area contributed by atoms with Crippen molar-refractivity contribution in [2.24, 2.45) is 0 Å². The Kier molecular flexibility index (Phi) is 5.41. The summed E-state index contributed by atoms with van der Waals surface area (Å²) in [5, 5.41) is 15.5. The fraction of sp³-hybridized carbons (Fsp3) is 0.615. The molecule has 0 aliphatic carbocycles. The number of nitrogens with one attached hydrogen (secondary N) is 2. The molecule has 3 N–H and O–H groups in total. The Morgan fingerprint density at radius 1 is 1.24 bits per heavy atom. The first-order valence-electron chi connectivity index (χ1n) is 6.41. The van der Waals surface area contributed by atoms with E-state index in [9.17, 15) is 18.3 Å². The Morgan fingerprint density at radius 3 is 2.29 bits per heavy atom. The summed E-state index contributed by atoms with van der Waals surface area (Å²) in [4.78, 5) is 5.79. The average molecular weight is 306 g/mol. The van der Waals surface area contributed by atoms with Crippen LogP contribution in [-0.2, 0) is 6.18 Å². The van der Waals surface area contributed by atoms with E-state index < -0.39 is 17.3 Å². The molecule has 1 unspecified atom stereocenters. The number of hydrogen-bond donors (Lipinski definition) is 3. The molecule has 1 heterocycles. The van der Waals surface area contributed by atoms with Gasteiger partial charge in [-0.25, -0.2) is 4.98 Å². The zero-order chi connectivity index (χ0) is 16.3. The van der Waals surface area contributed by atoms with E-state index in [0.717, 1.165) is 12.1 Å². The van der Waals surface area contributed by atoms with Crippen LogP contribution in [0.5, 0.6) is 0 Å². The predicted molar refractivity (Wildman–Crippen MR) is 76.5 cm³/mol. The van der Waals surface area contributed by atoms with Crippen LogP contribution in [0.4, 0.5) is 24.8 Å². The maximum absolute atomic E-state index is 12.8. The van der Waals surface area contributed by atoms with Gasteiger partial charge in [-0.05, 0) is 33.2 Å². The minimum atomic E-state index is -4.45. The predicted octanol–water partition coefficient (Wildman–Crippen LogP) is 1.87. The van der Waals surface area contributed by atoms with Crippen molar-refractivity contribution in [3.05, 3.63) is 17.7 Å². The van der Waals surface area contributed by atoms with Crippen LogP contribution in [-0.4, -0.2) is 54.8 Å². The molecule has 8 heteroatoms. The van der Waals surface area contributed by atoms with Crippen molar-refractivity contribution in [3.63, 3.8) is 0 Å².